The highest BCUT2D eigenvalue weighted by Gasteiger charge is 2.78. The molecule has 0 aromatic carbocycles. The zero-order valence-electron chi connectivity index (χ0n) is 64.6. The number of thioether (sulfide) groups is 3. The highest BCUT2D eigenvalue weighted by molar-refractivity contribution is 8.06. The van der Waals surface area contributed by atoms with Crippen molar-refractivity contribution < 1.29 is 127 Å². The quantitative estimate of drug-likeness (QED) is 0.0249. The van der Waals surface area contributed by atoms with Gasteiger partial charge in [-0.15, -0.1) is 0 Å². The molecule has 0 radical (unpaired) electrons. The summed E-state index contributed by atoms with van der Waals surface area (Å²) >= 11 is -1.63. The fourth-order valence-electron chi connectivity index (χ4n) is 13.6. The Morgan fingerprint density at radius 2 is 0.598 bits per heavy atom. The number of hydrogen-bond acceptors (Lipinski definition) is 15. The molecule has 107 heavy (non-hydrogen) atoms. The Balaban J connectivity index is 2.58. The molecule has 12 nitrogen and oxygen atoms in total. The van der Waals surface area contributed by atoms with Crippen LogP contribution in [0.15, 0.2) is 0 Å². The van der Waals surface area contributed by atoms with Crippen molar-refractivity contribution in [3.8, 4) is 0 Å². The Morgan fingerprint density at radius 1 is 0.318 bits per heavy atom. The minimum atomic E-state index is -6.94. The van der Waals surface area contributed by atoms with Gasteiger partial charge < -0.3 is 47.4 Å². The molecule has 0 aromatic heterocycles. The molecule has 4 aliphatic rings. The predicted octanol–water partition coefficient (Wildman–Crippen LogP) is 26.8. The zero-order valence-corrected chi connectivity index (χ0v) is 67.0. The van der Waals surface area contributed by atoms with Gasteiger partial charge in [-0.2, -0.15) is 70.2 Å². The summed E-state index contributed by atoms with van der Waals surface area (Å²) in [5.74, 6) is -1.82. The van der Waals surface area contributed by atoms with E-state index in [0.29, 0.717) is 141 Å². The fourth-order valence-corrected chi connectivity index (χ4v) is 17.9. The zero-order chi connectivity index (χ0) is 79.0. The van der Waals surface area contributed by atoms with Gasteiger partial charge in [-0.3, -0.25) is 9.47 Å². The number of ether oxygens (including phenoxy) is 12. The van der Waals surface area contributed by atoms with Gasteiger partial charge in [0.1, 0.15) is 13.2 Å². The lowest BCUT2D eigenvalue weighted by Crippen LogP contribution is -2.69. The van der Waals surface area contributed by atoms with Crippen molar-refractivity contribution >= 4 is 35.3 Å². The SMILES string of the molecule is CCCCCCCCOC(OC1CCCCCC1)SC(OCC(F)(F)F)(OC(F)(F)C(F)(F)F)C(OCC(CC)CCCC)(OC1CCCCCCC1)SC(OCC(CC)CCCC)(OC1CCCCCCC1)C(OCC(F)(F)F)(OC(F)(F)C(F)(F)F)SC(OCCCCCCCC)OC1CCCCCC1. The molecule has 8 unspecified atom stereocenters. The van der Waals surface area contributed by atoms with Crippen LogP contribution < -0.4 is 0 Å². The molecule has 0 N–H and O–H groups in total. The molecule has 0 spiro atoms. The normalized spacial score (nSPS) is 21.4. The molecule has 0 bridgehead atoms. The number of halogens is 16. The van der Waals surface area contributed by atoms with Crippen LogP contribution in [0.5, 0.6) is 0 Å². The summed E-state index contributed by atoms with van der Waals surface area (Å²) < 4.78 is 340. The highest BCUT2D eigenvalue weighted by atomic mass is 32.2. The van der Waals surface area contributed by atoms with Crippen LogP contribution in [0.4, 0.5) is 70.2 Å². The first-order valence-corrected chi connectivity index (χ1v) is 43.2. The fraction of sp³-hybridized carbons (Fsp3) is 1.00. The molecule has 4 fully saturated rings. The Labute approximate surface area is 640 Å². The van der Waals surface area contributed by atoms with E-state index in [0.717, 1.165) is 38.5 Å². The van der Waals surface area contributed by atoms with Gasteiger partial charge in [-0.1, -0.05) is 260 Å². The van der Waals surface area contributed by atoms with Gasteiger partial charge in [-0.05, 0) is 124 Å². The molecule has 4 aliphatic carbocycles. The second-order valence-corrected chi connectivity index (χ2v) is 33.2. The standard InChI is InChI=1S/C76H130F16O12S3/c1-7-13-17-19-31-41-53-93-65(99-61-45-33-27-28-34-46-61)105-75(97-57-67(77,78)79,103-71(89,90)69(83,84)85)73(95-55-59(11-5)43-15-9-3,101-63-49-37-23-21-24-38-50-63)107-74(96-56-60(12-6)44-16-10-4,102-64-51-39-25-22-26-40-52-64)76(98-58-68(80,81)82,104-72(91,92)70(86,87)88)106-66(94-54-42-32-20-18-14-8-2)100-62-47-35-29-30-36-48-62/h59-66H,7-58H2,1-6H3. The van der Waals surface area contributed by atoms with Crippen LogP contribution in [0.25, 0.3) is 0 Å². The predicted molar refractivity (Wildman–Crippen MR) is 386 cm³/mol. The van der Waals surface area contributed by atoms with Crippen LogP contribution in [-0.4, -0.2) is 133 Å². The first-order valence-electron chi connectivity index (χ1n) is 40.6. The third-order valence-electron chi connectivity index (χ3n) is 20.1. The lowest BCUT2D eigenvalue weighted by atomic mass is 9.98. The van der Waals surface area contributed by atoms with E-state index >= 15 is 70.2 Å². The van der Waals surface area contributed by atoms with E-state index in [2.05, 4.69) is 0 Å². The first kappa shape index (κ1) is 98.8. The van der Waals surface area contributed by atoms with Crippen molar-refractivity contribution in [3.05, 3.63) is 0 Å². The Morgan fingerprint density at radius 3 is 0.879 bits per heavy atom. The Hall–Kier alpha value is -0.550. The van der Waals surface area contributed by atoms with Crippen LogP contribution >= 0.6 is 35.3 Å². The maximum absolute atomic E-state index is 17.7. The molecular weight excluding hydrogens is 1500 g/mol. The summed E-state index contributed by atoms with van der Waals surface area (Å²) in [4.78, 5) is 0. The minimum Gasteiger partial charge on any atom is -0.343 e. The Bertz CT molecular complexity index is 2090. The number of rotatable bonds is 54. The van der Waals surface area contributed by atoms with Crippen molar-refractivity contribution in [2.45, 2.75) is 430 Å². The van der Waals surface area contributed by atoms with Crippen molar-refractivity contribution in [2.24, 2.45) is 11.8 Å². The number of hydrogen-bond donors (Lipinski definition) is 0. The van der Waals surface area contributed by atoms with Gasteiger partial charge in [0.25, 0.3) is 20.5 Å². The smallest absolute Gasteiger partial charge is 0.343 e. The second kappa shape index (κ2) is 50.8. The van der Waals surface area contributed by atoms with Gasteiger partial charge in [0.05, 0.1) is 50.8 Å². The van der Waals surface area contributed by atoms with Crippen molar-refractivity contribution in [2.75, 3.05) is 39.6 Å². The summed E-state index contributed by atoms with van der Waals surface area (Å²) in [5, 5.41) is -18.1. The monoisotopic (exact) mass is 1630 g/mol. The molecule has 0 saturated heterocycles. The molecule has 0 aromatic rings. The summed E-state index contributed by atoms with van der Waals surface area (Å²) in [7, 11) is 0. The summed E-state index contributed by atoms with van der Waals surface area (Å²) in [6.45, 7) is 2.33. The maximum atomic E-state index is 17.7. The molecule has 31 heteroatoms. The van der Waals surface area contributed by atoms with Crippen LogP contribution in [0.2, 0.25) is 0 Å². The lowest BCUT2D eigenvalue weighted by Gasteiger charge is -2.56. The molecule has 4 rings (SSSR count). The van der Waals surface area contributed by atoms with Crippen LogP contribution in [-0.2, 0) is 56.8 Å². The highest BCUT2D eigenvalue weighted by Crippen LogP contribution is 2.65. The van der Waals surface area contributed by atoms with E-state index in [9.17, 15) is 0 Å². The lowest BCUT2D eigenvalue weighted by molar-refractivity contribution is -0.473. The Kier molecular flexibility index (Phi) is 46.9. The molecule has 0 amide bonds. The third kappa shape index (κ3) is 36.7. The third-order valence-corrected chi connectivity index (χ3v) is 24.3. The van der Waals surface area contributed by atoms with Crippen molar-refractivity contribution in [3.63, 3.8) is 0 Å². The minimum absolute atomic E-state index is 0.0451. The van der Waals surface area contributed by atoms with Crippen LogP contribution in [0, 0.1) is 11.8 Å². The van der Waals surface area contributed by atoms with Gasteiger partial charge in [0.2, 0.25) is 11.2 Å². The molecule has 8 atom stereocenters. The summed E-state index contributed by atoms with van der Waals surface area (Å²) in [6, 6.07) is 0. The van der Waals surface area contributed by atoms with Crippen LogP contribution in [0.1, 0.15) is 337 Å². The van der Waals surface area contributed by atoms with Gasteiger partial charge in [0, 0.05) is 0 Å². The molecule has 636 valence electrons. The van der Waals surface area contributed by atoms with E-state index in [1.165, 1.54) is 0 Å². The largest absolute Gasteiger partial charge is 0.483 e. The van der Waals surface area contributed by atoms with E-state index in [1.54, 1.807) is 27.7 Å². The molecule has 0 heterocycles. The van der Waals surface area contributed by atoms with Crippen molar-refractivity contribution in [1.82, 2.24) is 0 Å². The number of alkyl halides is 16. The number of unbranched alkanes of at least 4 members (excludes halogenated alkanes) is 12. The van der Waals surface area contributed by atoms with Gasteiger partial charge in [0.15, 0.2) is 0 Å². The van der Waals surface area contributed by atoms with Gasteiger partial charge >= 0.3 is 36.9 Å². The van der Waals surface area contributed by atoms with E-state index < -0.39 is 180 Å². The van der Waals surface area contributed by atoms with E-state index in [1.807, 2.05) is 13.8 Å². The maximum Gasteiger partial charge on any atom is 0.483 e. The molecule has 0 aliphatic heterocycles. The van der Waals surface area contributed by atoms with Crippen LogP contribution in [0.3, 0.4) is 0 Å². The molecular formula is C76H130F16O12S3. The first-order chi connectivity index (χ1) is 50.7. The second-order valence-electron chi connectivity index (χ2n) is 29.6. The summed E-state index contributed by atoms with van der Waals surface area (Å²) in [6.07, 6.45) is -27.1. The topological polar surface area (TPSA) is 111 Å². The summed E-state index contributed by atoms with van der Waals surface area (Å²) in [5.41, 5.74) is -4.73. The molecule has 4 saturated carbocycles. The van der Waals surface area contributed by atoms with E-state index in [4.69, 9.17) is 56.8 Å². The van der Waals surface area contributed by atoms with Crippen molar-refractivity contribution in [1.29, 1.82) is 0 Å². The van der Waals surface area contributed by atoms with Gasteiger partial charge in [-0.25, -0.2) is 0 Å². The van der Waals surface area contributed by atoms with E-state index in [-0.39, 0.29) is 116 Å². The average Bonchev–Trinajstić information content (AvgIpc) is 0.859. The average molecular weight is 1640 g/mol.